The molecule has 1 aliphatic heterocycles. The van der Waals surface area contributed by atoms with Crippen molar-refractivity contribution < 1.29 is 18.2 Å². The summed E-state index contributed by atoms with van der Waals surface area (Å²) in [6.45, 7) is 5.76. The predicted octanol–water partition coefficient (Wildman–Crippen LogP) is 0.578. The number of sulfonamides is 1. The molecule has 7 nitrogen and oxygen atoms in total. The van der Waals surface area contributed by atoms with Crippen LogP contribution in [0, 0.1) is 16.0 Å². The molecule has 0 bridgehead atoms. The number of nitrogens with zero attached hydrogens (tertiary/aromatic N) is 1. The molecule has 0 saturated carbocycles. The number of piperidine rings is 1. The number of hydrogen-bond acceptors (Lipinski definition) is 4. The molecule has 2 rings (SSSR count). The van der Waals surface area contributed by atoms with E-state index in [1.54, 1.807) is 0 Å². The van der Waals surface area contributed by atoms with E-state index in [0.717, 1.165) is 32.0 Å². The maximum atomic E-state index is 12.2. The highest BCUT2D eigenvalue weighted by Crippen LogP contribution is 2.22. The summed E-state index contributed by atoms with van der Waals surface area (Å²) >= 11 is 0. The van der Waals surface area contributed by atoms with E-state index in [1.165, 1.54) is 42.0 Å². The first-order chi connectivity index (χ1) is 10.9. The van der Waals surface area contributed by atoms with E-state index in [-0.39, 0.29) is 4.90 Å². The summed E-state index contributed by atoms with van der Waals surface area (Å²) in [7, 11) is -3.85. The maximum absolute atomic E-state index is 12.2. The quantitative estimate of drug-likeness (QED) is 0.430. The van der Waals surface area contributed by atoms with E-state index < -0.39 is 20.6 Å². The van der Waals surface area contributed by atoms with E-state index >= 15 is 0 Å². The molecule has 1 saturated heterocycles. The largest absolute Gasteiger partial charge is 0.335 e. The van der Waals surface area contributed by atoms with Crippen LogP contribution in [0.5, 0.6) is 0 Å². The van der Waals surface area contributed by atoms with Gasteiger partial charge in [-0.25, -0.2) is 13.1 Å². The monoisotopic (exact) mass is 342 g/mol. The van der Waals surface area contributed by atoms with Crippen LogP contribution in [0.15, 0.2) is 29.2 Å². The van der Waals surface area contributed by atoms with E-state index in [2.05, 4.69) is 11.6 Å². The second-order valence-electron chi connectivity index (χ2n) is 6.16. The van der Waals surface area contributed by atoms with Crippen LogP contribution in [-0.4, -0.2) is 39.5 Å². The lowest BCUT2D eigenvalue weighted by Crippen LogP contribution is -3.13. The second kappa shape index (κ2) is 7.85. The summed E-state index contributed by atoms with van der Waals surface area (Å²) in [4.78, 5) is 11.5. The third-order valence-electron chi connectivity index (χ3n) is 4.33. The molecule has 1 aromatic rings. The van der Waals surface area contributed by atoms with Gasteiger partial charge in [-0.05, 0) is 24.8 Å². The Hall–Kier alpha value is -1.51. The van der Waals surface area contributed by atoms with Gasteiger partial charge in [-0.15, -0.1) is 0 Å². The Labute approximate surface area is 136 Å². The smallest absolute Gasteiger partial charge is 0.289 e. The third kappa shape index (κ3) is 4.98. The number of nitro groups is 1. The van der Waals surface area contributed by atoms with Crippen molar-refractivity contribution in [3.63, 3.8) is 0 Å². The Balaban J connectivity index is 1.86. The van der Waals surface area contributed by atoms with Gasteiger partial charge >= 0.3 is 0 Å². The molecule has 1 aliphatic rings. The molecule has 1 fully saturated rings. The van der Waals surface area contributed by atoms with Crippen LogP contribution in [0.3, 0.4) is 0 Å². The van der Waals surface area contributed by atoms with Gasteiger partial charge in [0.25, 0.3) is 5.69 Å². The first kappa shape index (κ1) is 17.8. The molecular formula is C15H24N3O4S+. The van der Waals surface area contributed by atoms with Gasteiger partial charge in [-0.3, -0.25) is 10.1 Å². The van der Waals surface area contributed by atoms with Gasteiger partial charge in [0.2, 0.25) is 10.0 Å². The molecular weight excluding hydrogens is 318 g/mol. The van der Waals surface area contributed by atoms with Crippen molar-refractivity contribution in [3.05, 3.63) is 34.4 Å². The predicted molar refractivity (Wildman–Crippen MR) is 86.9 cm³/mol. The van der Waals surface area contributed by atoms with Gasteiger partial charge in [0, 0.05) is 19.0 Å². The molecule has 0 atom stereocenters. The number of rotatable bonds is 7. The lowest BCUT2D eigenvalue weighted by Gasteiger charge is -2.27. The number of nitrogens with one attached hydrogen (secondary N) is 2. The fraction of sp³-hybridized carbons (Fsp3) is 0.600. The van der Waals surface area contributed by atoms with Gasteiger partial charge in [0.15, 0.2) is 4.90 Å². The molecule has 0 unspecified atom stereocenters. The molecule has 1 heterocycles. The Morgan fingerprint density at radius 2 is 1.96 bits per heavy atom. The Morgan fingerprint density at radius 3 is 2.61 bits per heavy atom. The van der Waals surface area contributed by atoms with Gasteiger partial charge in [0.05, 0.1) is 24.6 Å². The molecule has 128 valence electrons. The molecule has 0 radical (unpaired) electrons. The van der Waals surface area contributed by atoms with Gasteiger partial charge < -0.3 is 4.90 Å². The average molecular weight is 342 g/mol. The zero-order valence-corrected chi connectivity index (χ0v) is 14.1. The van der Waals surface area contributed by atoms with Crippen molar-refractivity contribution in [1.29, 1.82) is 0 Å². The first-order valence-electron chi connectivity index (χ1n) is 7.97. The molecule has 8 heteroatoms. The number of nitro benzene ring substituents is 1. The Bertz CT molecular complexity index is 640. The number of para-hydroxylation sites is 1. The molecule has 2 N–H and O–H groups in total. The zero-order chi connectivity index (χ0) is 16.9. The number of benzene rings is 1. The molecule has 0 aromatic heterocycles. The molecule has 0 spiro atoms. The van der Waals surface area contributed by atoms with Crippen LogP contribution in [-0.2, 0) is 10.0 Å². The minimum atomic E-state index is -3.85. The summed E-state index contributed by atoms with van der Waals surface area (Å²) in [6.07, 6.45) is 3.16. The van der Waals surface area contributed by atoms with Crippen molar-refractivity contribution in [3.8, 4) is 0 Å². The van der Waals surface area contributed by atoms with Crippen molar-refractivity contribution >= 4 is 15.7 Å². The SMILES string of the molecule is CC1CC[NH+](CCCNS(=O)(=O)c2ccccc2[N+](=O)[O-])CC1. The normalized spacial score (nSPS) is 22.0. The van der Waals surface area contributed by atoms with Crippen molar-refractivity contribution in [2.45, 2.75) is 31.1 Å². The summed E-state index contributed by atoms with van der Waals surface area (Å²) in [6, 6.07) is 5.41. The molecule has 23 heavy (non-hydrogen) atoms. The van der Waals surface area contributed by atoms with Crippen LogP contribution in [0.25, 0.3) is 0 Å². The highest BCUT2D eigenvalue weighted by molar-refractivity contribution is 7.89. The first-order valence-corrected chi connectivity index (χ1v) is 9.45. The fourth-order valence-corrected chi connectivity index (χ4v) is 4.12. The summed E-state index contributed by atoms with van der Waals surface area (Å²) in [5.41, 5.74) is -0.393. The Morgan fingerprint density at radius 1 is 1.30 bits per heavy atom. The number of likely N-dealkylation sites (tertiary alicyclic amines) is 1. The summed E-state index contributed by atoms with van der Waals surface area (Å²) < 4.78 is 26.9. The highest BCUT2D eigenvalue weighted by Gasteiger charge is 2.25. The van der Waals surface area contributed by atoms with Crippen LogP contribution in [0.4, 0.5) is 5.69 Å². The topological polar surface area (TPSA) is 93.8 Å². The van der Waals surface area contributed by atoms with Crippen LogP contribution in [0.2, 0.25) is 0 Å². The van der Waals surface area contributed by atoms with Gasteiger partial charge in [0.1, 0.15) is 0 Å². The number of quaternary nitrogens is 1. The van der Waals surface area contributed by atoms with Crippen molar-refractivity contribution in [2.24, 2.45) is 5.92 Å². The van der Waals surface area contributed by atoms with Crippen LogP contribution in [0.1, 0.15) is 26.2 Å². The standard InChI is InChI=1S/C15H23N3O4S/c1-13-7-11-17(12-8-13)10-4-9-16-23(21,22)15-6-3-2-5-14(15)18(19)20/h2-3,5-6,13,16H,4,7-12H2,1H3/p+1. The van der Waals surface area contributed by atoms with Gasteiger partial charge in [-0.2, -0.15) is 0 Å². The number of hydrogen-bond donors (Lipinski definition) is 2. The second-order valence-corrected chi connectivity index (χ2v) is 7.89. The summed E-state index contributed by atoms with van der Waals surface area (Å²) in [5, 5.41) is 10.9. The van der Waals surface area contributed by atoms with Gasteiger partial charge in [-0.1, -0.05) is 19.1 Å². The van der Waals surface area contributed by atoms with E-state index in [4.69, 9.17) is 0 Å². The lowest BCUT2D eigenvalue weighted by molar-refractivity contribution is -0.906. The van der Waals surface area contributed by atoms with Crippen molar-refractivity contribution in [1.82, 2.24) is 4.72 Å². The minimum absolute atomic E-state index is 0.274. The summed E-state index contributed by atoms with van der Waals surface area (Å²) in [5.74, 6) is 0.788. The minimum Gasteiger partial charge on any atom is -0.335 e. The third-order valence-corrected chi connectivity index (χ3v) is 5.84. The van der Waals surface area contributed by atoms with Crippen molar-refractivity contribution in [2.75, 3.05) is 26.2 Å². The Kier molecular flexibility index (Phi) is 6.09. The molecule has 1 aromatic carbocycles. The average Bonchev–Trinajstić information content (AvgIpc) is 2.53. The van der Waals surface area contributed by atoms with E-state index in [9.17, 15) is 18.5 Å². The zero-order valence-electron chi connectivity index (χ0n) is 13.3. The van der Waals surface area contributed by atoms with Crippen LogP contribution < -0.4 is 9.62 Å². The highest BCUT2D eigenvalue weighted by atomic mass is 32.2. The molecule has 0 aliphatic carbocycles. The lowest BCUT2D eigenvalue weighted by atomic mass is 9.99. The molecule has 0 amide bonds. The van der Waals surface area contributed by atoms with E-state index in [1.807, 2.05) is 0 Å². The van der Waals surface area contributed by atoms with Crippen LogP contribution >= 0.6 is 0 Å². The van der Waals surface area contributed by atoms with E-state index in [0.29, 0.717) is 6.54 Å². The fourth-order valence-electron chi connectivity index (χ4n) is 2.88. The maximum Gasteiger partial charge on any atom is 0.289 e.